The van der Waals surface area contributed by atoms with Gasteiger partial charge in [-0.25, -0.2) is 0 Å². The number of hydrogen-bond acceptors (Lipinski definition) is 0. The molecule has 0 saturated heterocycles. The maximum Gasteiger partial charge on any atom is 0.0397 e. The van der Waals surface area contributed by atoms with Crippen LogP contribution in [0.15, 0.2) is 71.8 Å². The van der Waals surface area contributed by atoms with Crippen LogP contribution in [0.25, 0.3) is 34.4 Å². The van der Waals surface area contributed by atoms with Gasteiger partial charge in [-0.15, -0.1) is 0 Å². The monoisotopic (exact) mass is 859 g/mol. The summed E-state index contributed by atoms with van der Waals surface area (Å²) in [7, 11) is 0.908. The first-order chi connectivity index (χ1) is 29.6. The number of allylic oxidation sites excluding steroid dienone is 2. The molecule has 0 N–H and O–H groups in total. The van der Waals surface area contributed by atoms with E-state index >= 15 is 0 Å². The van der Waals surface area contributed by atoms with Crippen molar-refractivity contribution in [3.05, 3.63) is 127 Å². The highest BCUT2D eigenvalue weighted by Gasteiger charge is 2.33. The van der Waals surface area contributed by atoms with Gasteiger partial charge in [-0.2, -0.15) is 0 Å². The van der Waals surface area contributed by atoms with Crippen molar-refractivity contribution in [3.8, 4) is 22.3 Å². The van der Waals surface area contributed by atoms with E-state index in [0.717, 1.165) is 35.2 Å². The molecule has 2 aliphatic carbocycles. The lowest BCUT2D eigenvalue weighted by atomic mass is 9.77. The largest absolute Gasteiger partial charge is 0.0654 e. The van der Waals surface area contributed by atoms with E-state index in [1.807, 2.05) is 0 Å². The third-order valence-electron chi connectivity index (χ3n) is 14.3. The van der Waals surface area contributed by atoms with Crippen LogP contribution in [0, 0.1) is 0 Å². The summed E-state index contributed by atoms with van der Waals surface area (Å²) in [5.41, 5.74) is 24.6. The van der Waals surface area contributed by atoms with Crippen LogP contribution in [0.4, 0.5) is 0 Å². The molecule has 0 bridgehead atoms. The molecule has 63 heavy (non-hydrogen) atoms. The molecule has 0 aromatic heterocycles. The number of fused-ring (bicyclic) bond motifs is 2. The zero-order valence-electron chi connectivity index (χ0n) is 43.1. The summed E-state index contributed by atoms with van der Waals surface area (Å²) in [6, 6.07) is 27.8. The van der Waals surface area contributed by atoms with Gasteiger partial charge in [0.2, 0.25) is 0 Å². The van der Waals surface area contributed by atoms with Crippen LogP contribution >= 0.6 is 0 Å². The molecule has 0 nitrogen and oxygen atoms in total. The Labute approximate surface area is 390 Å². The predicted octanol–water partition coefficient (Wildman–Crippen LogP) is 18.7. The van der Waals surface area contributed by atoms with Crippen molar-refractivity contribution in [3.63, 3.8) is 0 Å². The van der Waals surface area contributed by atoms with E-state index in [1.54, 1.807) is 22.3 Å². The second-order valence-electron chi connectivity index (χ2n) is 23.7. The lowest BCUT2D eigenvalue weighted by Crippen LogP contribution is -2.16. The van der Waals surface area contributed by atoms with Crippen molar-refractivity contribution < 1.29 is 0 Å². The van der Waals surface area contributed by atoms with E-state index < -0.39 is 0 Å². The molecule has 0 heterocycles. The highest BCUT2D eigenvalue weighted by molar-refractivity contribution is 6.36. The van der Waals surface area contributed by atoms with Gasteiger partial charge in [0, 0.05) is 21.4 Å². The van der Waals surface area contributed by atoms with Crippen molar-refractivity contribution >= 4 is 21.7 Å². The first-order valence-corrected chi connectivity index (χ1v) is 26.8. The minimum atomic E-state index is 0.0815. The van der Waals surface area contributed by atoms with E-state index in [9.17, 15) is 0 Å². The summed E-state index contributed by atoms with van der Waals surface area (Å²) in [5, 5.41) is 0. The molecule has 2 radical (unpaired) electrons. The highest BCUT2D eigenvalue weighted by atomic mass is 28.2. The van der Waals surface area contributed by atoms with E-state index in [4.69, 9.17) is 0 Å². The van der Waals surface area contributed by atoms with Crippen LogP contribution < -0.4 is 0 Å². The van der Waals surface area contributed by atoms with Gasteiger partial charge >= 0.3 is 0 Å². The molecule has 4 aromatic carbocycles. The van der Waals surface area contributed by atoms with Crippen molar-refractivity contribution in [1.82, 2.24) is 0 Å². The summed E-state index contributed by atoms with van der Waals surface area (Å²) >= 11 is 0. The van der Waals surface area contributed by atoms with E-state index in [-0.39, 0.29) is 21.7 Å². The minimum Gasteiger partial charge on any atom is -0.0654 e. The van der Waals surface area contributed by atoms with Gasteiger partial charge in [0.25, 0.3) is 0 Å². The van der Waals surface area contributed by atoms with Crippen LogP contribution in [0.3, 0.4) is 0 Å². The fourth-order valence-electron chi connectivity index (χ4n) is 10.3. The lowest BCUT2D eigenvalue weighted by Gasteiger charge is -2.27. The quantitative estimate of drug-likeness (QED) is 0.0985. The molecule has 6 rings (SSSR count). The van der Waals surface area contributed by atoms with Gasteiger partial charge in [-0.3, -0.25) is 0 Å². The Kier molecular flexibility index (Phi) is 15.2. The maximum absolute atomic E-state index is 2.69. The summed E-state index contributed by atoms with van der Waals surface area (Å²) in [4.78, 5) is 0. The third-order valence-corrected chi connectivity index (χ3v) is 15.7. The molecular formula is C62H86Si. The minimum absolute atomic E-state index is 0.0815. The van der Waals surface area contributed by atoms with Crippen LogP contribution in [0.5, 0.6) is 0 Å². The van der Waals surface area contributed by atoms with Crippen molar-refractivity contribution in [2.45, 2.75) is 221 Å². The first kappa shape index (κ1) is 49.0. The summed E-state index contributed by atoms with van der Waals surface area (Å²) < 4.78 is 0. The Bertz CT molecular complexity index is 2070. The Balaban J connectivity index is 1.41. The number of benzene rings is 4. The van der Waals surface area contributed by atoms with Gasteiger partial charge in [0.1, 0.15) is 0 Å². The van der Waals surface area contributed by atoms with Gasteiger partial charge in [0.05, 0.1) is 0 Å². The van der Waals surface area contributed by atoms with Crippen LogP contribution in [-0.4, -0.2) is 9.52 Å². The summed E-state index contributed by atoms with van der Waals surface area (Å²) in [6.45, 7) is 38.0. The molecule has 0 amide bonds. The average molecular weight is 859 g/mol. The molecule has 0 spiro atoms. The Hall–Kier alpha value is -3.42. The Morgan fingerprint density at radius 2 is 0.746 bits per heavy atom. The predicted molar refractivity (Wildman–Crippen MR) is 282 cm³/mol. The Morgan fingerprint density at radius 3 is 1.03 bits per heavy atom. The highest BCUT2D eigenvalue weighted by Crippen LogP contribution is 2.50. The topological polar surface area (TPSA) is 0 Å². The van der Waals surface area contributed by atoms with Gasteiger partial charge in [-0.1, -0.05) is 233 Å². The molecule has 0 fully saturated rings. The molecule has 2 aliphatic rings. The molecule has 4 aromatic rings. The molecule has 0 aliphatic heterocycles. The normalized spacial score (nSPS) is 16.6. The van der Waals surface area contributed by atoms with E-state index in [2.05, 4.69) is 184 Å². The smallest absolute Gasteiger partial charge is 0.0397 e. The summed E-state index contributed by atoms with van der Waals surface area (Å²) in [5.74, 6) is 1.02. The van der Waals surface area contributed by atoms with Crippen LogP contribution in [0.2, 0.25) is 12.1 Å². The van der Waals surface area contributed by atoms with Crippen LogP contribution in [-0.2, 0) is 34.5 Å². The van der Waals surface area contributed by atoms with Gasteiger partial charge < -0.3 is 0 Å². The molecule has 2 unspecified atom stereocenters. The fourth-order valence-corrected chi connectivity index (χ4v) is 12.0. The molecular weight excluding hydrogens is 773 g/mol. The van der Waals surface area contributed by atoms with Crippen molar-refractivity contribution in [2.75, 3.05) is 0 Å². The van der Waals surface area contributed by atoms with E-state index in [1.165, 1.54) is 117 Å². The second kappa shape index (κ2) is 19.6. The number of rotatable bonds is 16. The van der Waals surface area contributed by atoms with Gasteiger partial charge in [-0.05, 0) is 138 Å². The summed E-state index contributed by atoms with van der Waals surface area (Å²) in [6.07, 6.45) is 17.3. The average Bonchev–Trinajstić information content (AvgIpc) is 3.74. The zero-order valence-corrected chi connectivity index (χ0v) is 44.1. The molecule has 1 heteroatoms. The molecule has 338 valence electrons. The number of aryl methyl sites for hydroxylation is 2. The number of unbranched alkanes of at least 4 members (excludes halogenated alkanes) is 2. The number of hydrogen-bond donors (Lipinski definition) is 0. The molecule has 2 atom stereocenters. The van der Waals surface area contributed by atoms with E-state index in [0.29, 0.717) is 11.8 Å². The SMILES string of the molecule is CCCCC1=Cc2c(ccc(CCC)c2-c2cc(C(C)(C)C)cc(C(C)(C)C)c2)C1C[Si]CC1C(CCCC)=Cc2c1ccc(CCC)c2-c1cc(C(C)(C)C)cc(C(C)(C)C)c1. The first-order valence-electron chi connectivity index (χ1n) is 25.4. The standard InChI is InChI=1S/C62H86Si/c1-17-21-25-43-35-53-51(29-27-41(23-19-3)57(53)45-31-47(59(5,6)7)37-48(32-45)60(8,9)10)55(43)39-63-40-56-44(26-22-18-2)36-54-52(56)30-28-42(24-20-4)58(54)46-33-49(61(11,12)13)38-50(34-46)62(14,15)16/h27-38,55-56H,17-26,39-40H2,1-16H3. The van der Waals surface area contributed by atoms with Crippen LogP contribution in [0.1, 0.15) is 230 Å². The van der Waals surface area contributed by atoms with Crippen molar-refractivity contribution in [1.29, 1.82) is 0 Å². The third kappa shape index (κ3) is 11.0. The van der Waals surface area contributed by atoms with Gasteiger partial charge in [0.15, 0.2) is 0 Å². The van der Waals surface area contributed by atoms with Crippen molar-refractivity contribution in [2.24, 2.45) is 0 Å². The fraction of sp³-hybridized carbons (Fsp3) is 0.548. The lowest BCUT2D eigenvalue weighted by molar-refractivity contribution is 0.568. The Morgan fingerprint density at radius 1 is 0.413 bits per heavy atom. The maximum atomic E-state index is 2.69. The molecule has 0 saturated carbocycles. The zero-order chi connectivity index (χ0) is 46.1. The second-order valence-corrected chi connectivity index (χ2v) is 25.0.